The number of Topliss-reactive ketones (excluding diaryl/α,β-unsaturated/α-hetero) is 1. The second-order valence-electron chi connectivity index (χ2n) is 8.08. The minimum absolute atomic E-state index is 0.150. The van der Waals surface area contributed by atoms with Gasteiger partial charge < -0.3 is 0 Å². The number of likely N-dealkylation sites (tertiary alicyclic amines) is 1. The van der Waals surface area contributed by atoms with Crippen molar-refractivity contribution in [1.82, 2.24) is 4.90 Å². The van der Waals surface area contributed by atoms with Crippen molar-refractivity contribution in [3.63, 3.8) is 0 Å². The third kappa shape index (κ3) is 5.90. The second-order valence-corrected chi connectivity index (χ2v) is 9.00. The summed E-state index contributed by atoms with van der Waals surface area (Å²) in [5.41, 5.74) is 6.33. The smallest absolute Gasteiger partial charge is 0.187 e. The molecule has 0 amide bonds. The van der Waals surface area contributed by atoms with Crippen LogP contribution in [0.3, 0.4) is 0 Å². The zero-order valence-electron chi connectivity index (χ0n) is 17.7. The minimum Gasteiger partial charge on any atom is -0.294 e. The summed E-state index contributed by atoms with van der Waals surface area (Å²) in [5.74, 6) is 0.150. The molecule has 1 saturated heterocycles. The van der Waals surface area contributed by atoms with Crippen molar-refractivity contribution in [3.8, 4) is 0 Å². The zero-order valence-corrected chi connectivity index (χ0v) is 19.3. The number of nitrogens with zero attached hydrogens (tertiary/aromatic N) is 1. The van der Waals surface area contributed by atoms with Crippen LogP contribution in [-0.4, -0.2) is 30.3 Å². The van der Waals surface area contributed by atoms with Crippen molar-refractivity contribution in [1.29, 1.82) is 0 Å². The first kappa shape index (κ1) is 21.5. The van der Waals surface area contributed by atoms with Crippen molar-refractivity contribution in [3.05, 3.63) is 117 Å². The van der Waals surface area contributed by atoms with Crippen molar-refractivity contribution in [2.75, 3.05) is 19.6 Å². The van der Waals surface area contributed by atoms with Crippen LogP contribution in [0.1, 0.15) is 22.3 Å². The molecule has 31 heavy (non-hydrogen) atoms. The lowest BCUT2D eigenvalue weighted by atomic mass is 9.93. The number of piperidine rings is 1. The number of ketones is 1. The van der Waals surface area contributed by atoms with Crippen LogP contribution in [-0.2, 0) is 11.2 Å². The summed E-state index contributed by atoms with van der Waals surface area (Å²) in [6, 6.07) is 26.9. The third-order valence-corrected chi connectivity index (χ3v) is 6.00. The van der Waals surface area contributed by atoms with Gasteiger partial charge in [-0.1, -0.05) is 88.2 Å². The Labute approximate surface area is 193 Å². The van der Waals surface area contributed by atoms with E-state index in [2.05, 4.69) is 76.3 Å². The number of hydrogen-bond donors (Lipinski definition) is 0. The summed E-state index contributed by atoms with van der Waals surface area (Å²) < 4.78 is 1.02. The van der Waals surface area contributed by atoms with Crippen LogP contribution in [0.15, 0.2) is 94.5 Å². The van der Waals surface area contributed by atoms with E-state index in [4.69, 9.17) is 0 Å². The Morgan fingerprint density at radius 1 is 0.839 bits per heavy atom. The number of halogens is 1. The quantitative estimate of drug-likeness (QED) is 0.403. The molecule has 0 saturated carbocycles. The molecule has 2 nitrogen and oxygen atoms in total. The van der Waals surface area contributed by atoms with Gasteiger partial charge in [-0.05, 0) is 54.3 Å². The highest BCUT2D eigenvalue weighted by molar-refractivity contribution is 9.10. The Hall–Kier alpha value is -2.75. The molecule has 0 aliphatic carbocycles. The maximum atomic E-state index is 13.3. The molecule has 0 spiro atoms. The number of benzene rings is 3. The standard InChI is InChI=1S/C28H26BrNO/c1-21-7-5-10-23(15-21)16-25-19-30(14-13-22-8-3-2-4-9-22)20-26(28(25)31)17-24-11-6-12-27(29)18-24/h2-12,15-18H,13-14,19-20H2,1H3/b25-16+,26-17+. The van der Waals surface area contributed by atoms with E-state index in [1.165, 1.54) is 11.1 Å². The van der Waals surface area contributed by atoms with Gasteiger partial charge in [0.1, 0.15) is 0 Å². The lowest BCUT2D eigenvalue weighted by Crippen LogP contribution is -2.38. The summed E-state index contributed by atoms with van der Waals surface area (Å²) in [7, 11) is 0. The van der Waals surface area contributed by atoms with Crippen LogP contribution in [0.4, 0.5) is 0 Å². The molecule has 0 radical (unpaired) electrons. The Morgan fingerprint density at radius 3 is 2.13 bits per heavy atom. The fourth-order valence-electron chi connectivity index (χ4n) is 3.96. The molecule has 0 unspecified atom stereocenters. The summed E-state index contributed by atoms with van der Waals surface area (Å²) in [6.07, 6.45) is 5.06. The Balaban J connectivity index is 1.63. The lowest BCUT2D eigenvalue weighted by Gasteiger charge is -2.30. The van der Waals surface area contributed by atoms with Crippen LogP contribution in [0.5, 0.6) is 0 Å². The van der Waals surface area contributed by atoms with E-state index in [-0.39, 0.29) is 5.78 Å². The summed E-state index contributed by atoms with van der Waals surface area (Å²) in [6.45, 7) is 4.34. The largest absolute Gasteiger partial charge is 0.294 e. The Kier molecular flexibility index (Phi) is 6.96. The molecule has 0 bridgehead atoms. The van der Waals surface area contributed by atoms with E-state index >= 15 is 0 Å². The van der Waals surface area contributed by atoms with Crippen LogP contribution < -0.4 is 0 Å². The summed E-state index contributed by atoms with van der Waals surface area (Å²) >= 11 is 3.53. The summed E-state index contributed by atoms with van der Waals surface area (Å²) in [4.78, 5) is 15.7. The van der Waals surface area contributed by atoms with E-state index in [1.54, 1.807) is 0 Å². The van der Waals surface area contributed by atoms with Crippen LogP contribution in [0.25, 0.3) is 12.2 Å². The fraction of sp³-hybridized carbons (Fsp3) is 0.179. The van der Waals surface area contributed by atoms with Crippen molar-refractivity contribution < 1.29 is 4.79 Å². The van der Waals surface area contributed by atoms with Gasteiger partial charge in [0.25, 0.3) is 0 Å². The number of hydrogen-bond acceptors (Lipinski definition) is 2. The van der Waals surface area contributed by atoms with Crippen molar-refractivity contribution >= 4 is 33.9 Å². The van der Waals surface area contributed by atoms with Crippen LogP contribution >= 0.6 is 15.9 Å². The average Bonchev–Trinajstić information content (AvgIpc) is 2.76. The predicted octanol–water partition coefficient (Wildman–Crippen LogP) is 6.35. The molecule has 4 rings (SSSR count). The van der Waals surface area contributed by atoms with Crippen LogP contribution in [0.2, 0.25) is 0 Å². The first-order valence-corrected chi connectivity index (χ1v) is 11.4. The van der Waals surface area contributed by atoms with E-state index < -0.39 is 0 Å². The van der Waals surface area contributed by atoms with Crippen LogP contribution in [0, 0.1) is 6.92 Å². The first-order chi connectivity index (χ1) is 15.1. The normalized spacial score (nSPS) is 17.4. The van der Waals surface area contributed by atoms with E-state index in [0.717, 1.165) is 39.7 Å². The molecule has 1 heterocycles. The Morgan fingerprint density at radius 2 is 1.48 bits per heavy atom. The monoisotopic (exact) mass is 471 g/mol. The third-order valence-electron chi connectivity index (χ3n) is 5.50. The SMILES string of the molecule is Cc1cccc(/C=C2\CN(CCc3ccccc3)C/C(=C\c3cccc(Br)c3)C2=O)c1. The maximum absolute atomic E-state index is 13.3. The molecule has 1 aliphatic rings. The lowest BCUT2D eigenvalue weighted by molar-refractivity contribution is -0.113. The summed E-state index contributed by atoms with van der Waals surface area (Å²) in [5, 5.41) is 0. The van der Waals surface area contributed by atoms with Gasteiger partial charge in [-0.3, -0.25) is 9.69 Å². The van der Waals surface area contributed by atoms with E-state index in [9.17, 15) is 4.79 Å². The molecule has 3 aromatic rings. The molecule has 0 aromatic heterocycles. The van der Waals surface area contributed by atoms with Gasteiger partial charge >= 0.3 is 0 Å². The number of rotatable bonds is 5. The maximum Gasteiger partial charge on any atom is 0.187 e. The van der Waals surface area contributed by atoms with E-state index in [1.807, 2.05) is 42.5 Å². The van der Waals surface area contributed by atoms with Gasteiger partial charge in [-0.15, -0.1) is 0 Å². The number of aryl methyl sites for hydroxylation is 1. The second kappa shape index (κ2) is 10.0. The van der Waals surface area contributed by atoms with Gasteiger partial charge in [0, 0.05) is 35.3 Å². The molecule has 1 aliphatic heterocycles. The van der Waals surface area contributed by atoms with Crippen molar-refractivity contribution in [2.45, 2.75) is 13.3 Å². The molecule has 3 aromatic carbocycles. The number of carbonyl (C=O) groups excluding carboxylic acids is 1. The van der Waals surface area contributed by atoms with Gasteiger partial charge in [-0.2, -0.15) is 0 Å². The number of carbonyl (C=O) groups is 1. The van der Waals surface area contributed by atoms with Gasteiger partial charge in [0.05, 0.1) is 0 Å². The minimum atomic E-state index is 0.150. The van der Waals surface area contributed by atoms with E-state index in [0.29, 0.717) is 13.1 Å². The van der Waals surface area contributed by atoms with Gasteiger partial charge in [-0.25, -0.2) is 0 Å². The molecule has 156 valence electrons. The highest BCUT2D eigenvalue weighted by Gasteiger charge is 2.26. The van der Waals surface area contributed by atoms with Gasteiger partial charge in [0.2, 0.25) is 0 Å². The Bertz CT molecular complexity index is 1060. The molecule has 0 N–H and O–H groups in total. The zero-order chi connectivity index (χ0) is 21.6. The highest BCUT2D eigenvalue weighted by Crippen LogP contribution is 2.23. The molecular formula is C28H26BrNO. The van der Waals surface area contributed by atoms with Gasteiger partial charge in [0.15, 0.2) is 5.78 Å². The topological polar surface area (TPSA) is 20.3 Å². The first-order valence-electron chi connectivity index (χ1n) is 10.6. The average molecular weight is 472 g/mol. The molecular weight excluding hydrogens is 446 g/mol. The predicted molar refractivity (Wildman–Crippen MR) is 133 cm³/mol. The molecule has 3 heteroatoms. The molecule has 1 fully saturated rings. The van der Waals surface area contributed by atoms with Crippen molar-refractivity contribution in [2.24, 2.45) is 0 Å². The highest BCUT2D eigenvalue weighted by atomic mass is 79.9. The fourth-order valence-corrected chi connectivity index (χ4v) is 4.38. The molecule has 0 atom stereocenters.